The molecule has 100 valence electrons. The predicted molar refractivity (Wildman–Crippen MR) is 83.1 cm³/mol. The van der Waals surface area contributed by atoms with Crippen LogP contribution in [0.3, 0.4) is 0 Å². The Kier molecular flexibility index (Phi) is 4.92. The van der Waals surface area contributed by atoms with E-state index in [0.29, 0.717) is 6.42 Å². The number of thioether (sulfide) groups is 1. The molecule has 0 saturated heterocycles. The van der Waals surface area contributed by atoms with E-state index < -0.39 is 6.10 Å². The quantitative estimate of drug-likeness (QED) is 0.828. The summed E-state index contributed by atoms with van der Waals surface area (Å²) >= 11 is 7.87. The predicted octanol–water partition coefficient (Wildman–Crippen LogP) is 4.65. The van der Waals surface area contributed by atoms with Crippen LogP contribution in [0.2, 0.25) is 5.02 Å². The summed E-state index contributed by atoms with van der Waals surface area (Å²) in [6, 6.07) is 13.9. The highest BCUT2D eigenvalue weighted by atomic mass is 35.5. The molecule has 19 heavy (non-hydrogen) atoms. The highest BCUT2D eigenvalue weighted by Crippen LogP contribution is 2.29. The summed E-state index contributed by atoms with van der Waals surface area (Å²) in [5.41, 5.74) is 3.08. The first-order valence-corrected chi connectivity index (χ1v) is 7.78. The Balaban J connectivity index is 2.23. The maximum atomic E-state index is 10.4. The van der Waals surface area contributed by atoms with Crippen LogP contribution >= 0.6 is 23.4 Å². The SMILES string of the molecule is CSc1ccccc1C(O)Cc1ccc(C)cc1Cl. The second kappa shape index (κ2) is 6.47. The molecule has 1 N–H and O–H groups in total. The minimum Gasteiger partial charge on any atom is -0.388 e. The highest BCUT2D eigenvalue weighted by Gasteiger charge is 2.14. The van der Waals surface area contributed by atoms with E-state index in [4.69, 9.17) is 11.6 Å². The van der Waals surface area contributed by atoms with Crippen molar-refractivity contribution in [2.75, 3.05) is 6.26 Å². The Morgan fingerprint density at radius 1 is 1.21 bits per heavy atom. The van der Waals surface area contributed by atoms with Gasteiger partial charge in [0.25, 0.3) is 0 Å². The number of aliphatic hydroxyl groups is 1. The van der Waals surface area contributed by atoms with Crippen molar-refractivity contribution >= 4 is 23.4 Å². The molecular formula is C16H17ClOS. The Hall–Kier alpha value is -0.960. The van der Waals surface area contributed by atoms with Crippen molar-refractivity contribution in [3.63, 3.8) is 0 Å². The lowest BCUT2D eigenvalue weighted by Gasteiger charge is -2.15. The minimum absolute atomic E-state index is 0.524. The van der Waals surface area contributed by atoms with Crippen molar-refractivity contribution < 1.29 is 5.11 Å². The molecule has 0 spiro atoms. The van der Waals surface area contributed by atoms with Gasteiger partial charge in [-0.3, -0.25) is 0 Å². The molecule has 0 bridgehead atoms. The van der Waals surface area contributed by atoms with Crippen LogP contribution in [-0.2, 0) is 6.42 Å². The second-order valence-electron chi connectivity index (χ2n) is 4.56. The fourth-order valence-corrected chi connectivity index (χ4v) is 3.04. The highest BCUT2D eigenvalue weighted by molar-refractivity contribution is 7.98. The van der Waals surface area contributed by atoms with Crippen LogP contribution in [0.4, 0.5) is 0 Å². The molecule has 2 rings (SSSR count). The molecule has 2 aromatic carbocycles. The lowest BCUT2D eigenvalue weighted by molar-refractivity contribution is 0.175. The van der Waals surface area contributed by atoms with E-state index in [1.165, 1.54) is 0 Å². The number of aliphatic hydroxyl groups excluding tert-OH is 1. The lowest BCUT2D eigenvalue weighted by Crippen LogP contribution is -2.04. The minimum atomic E-state index is -0.524. The summed E-state index contributed by atoms with van der Waals surface area (Å²) in [4.78, 5) is 1.11. The summed E-state index contributed by atoms with van der Waals surface area (Å²) < 4.78 is 0. The third-order valence-electron chi connectivity index (χ3n) is 3.12. The van der Waals surface area contributed by atoms with E-state index in [0.717, 1.165) is 26.6 Å². The van der Waals surface area contributed by atoms with Crippen molar-refractivity contribution in [2.24, 2.45) is 0 Å². The van der Waals surface area contributed by atoms with Crippen LogP contribution in [0.5, 0.6) is 0 Å². The molecule has 0 heterocycles. The zero-order valence-corrected chi connectivity index (χ0v) is 12.6. The lowest BCUT2D eigenvalue weighted by atomic mass is 10.0. The van der Waals surface area contributed by atoms with E-state index >= 15 is 0 Å². The number of aryl methyl sites for hydroxylation is 1. The maximum Gasteiger partial charge on any atom is 0.0841 e. The first-order chi connectivity index (χ1) is 9.11. The third kappa shape index (κ3) is 3.53. The number of hydrogen-bond acceptors (Lipinski definition) is 2. The van der Waals surface area contributed by atoms with Gasteiger partial charge in [-0.15, -0.1) is 11.8 Å². The molecule has 0 aliphatic heterocycles. The van der Waals surface area contributed by atoms with Gasteiger partial charge in [0.2, 0.25) is 0 Å². The Bertz CT molecular complexity index is 568. The summed E-state index contributed by atoms with van der Waals surface area (Å²) in [5, 5.41) is 11.1. The van der Waals surface area contributed by atoms with Crippen molar-refractivity contribution in [3.8, 4) is 0 Å². The molecule has 1 nitrogen and oxygen atoms in total. The normalized spacial score (nSPS) is 12.4. The number of rotatable bonds is 4. The van der Waals surface area contributed by atoms with Gasteiger partial charge < -0.3 is 5.11 Å². The van der Waals surface area contributed by atoms with Crippen molar-refractivity contribution in [3.05, 3.63) is 64.2 Å². The molecule has 0 aromatic heterocycles. The van der Waals surface area contributed by atoms with E-state index in [-0.39, 0.29) is 0 Å². The maximum absolute atomic E-state index is 10.4. The molecule has 0 amide bonds. The first kappa shape index (κ1) is 14.4. The van der Waals surface area contributed by atoms with Crippen molar-refractivity contribution in [1.82, 2.24) is 0 Å². The largest absolute Gasteiger partial charge is 0.388 e. The molecule has 0 aliphatic rings. The van der Waals surface area contributed by atoms with Crippen molar-refractivity contribution in [1.29, 1.82) is 0 Å². The number of hydrogen-bond donors (Lipinski definition) is 1. The van der Waals surface area contributed by atoms with Gasteiger partial charge >= 0.3 is 0 Å². The van der Waals surface area contributed by atoms with Crippen LogP contribution < -0.4 is 0 Å². The van der Waals surface area contributed by atoms with Gasteiger partial charge in [-0.1, -0.05) is 41.9 Å². The molecule has 0 saturated carbocycles. The smallest absolute Gasteiger partial charge is 0.0841 e. The molecular weight excluding hydrogens is 276 g/mol. The molecule has 0 aliphatic carbocycles. The van der Waals surface area contributed by atoms with Gasteiger partial charge in [-0.05, 0) is 42.0 Å². The molecule has 0 fully saturated rings. The molecule has 1 unspecified atom stereocenters. The zero-order chi connectivity index (χ0) is 13.8. The van der Waals surface area contributed by atoms with Gasteiger partial charge in [0.05, 0.1) is 6.10 Å². The Morgan fingerprint density at radius 2 is 1.95 bits per heavy atom. The van der Waals surface area contributed by atoms with Crippen LogP contribution in [-0.4, -0.2) is 11.4 Å². The van der Waals surface area contributed by atoms with E-state index in [2.05, 4.69) is 0 Å². The van der Waals surface area contributed by atoms with Crippen LogP contribution in [0, 0.1) is 6.92 Å². The summed E-state index contributed by atoms with van der Waals surface area (Å²) in [6.07, 6.45) is 2.03. The standard InChI is InChI=1S/C16H17ClOS/c1-11-7-8-12(14(17)9-11)10-15(18)13-5-3-4-6-16(13)19-2/h3-9,15,18H,10H2,1-2H3. The number of benzene rings is 2. The van der Waals surface area contributed by atoms with Gasteiger partial charge in [0, 0.05) is 16.3 Å². The Morgan fingerprint density at radius 3 is 2.63 bits per heavy atom. The van der Waals surface area contributed by atoms with Crippen LogP contribution in [0.15, 0.2) is 47.4 Å². The fourth-order valence-electron chi connectivity index (χ4n) is 2.08. The number of halogens is 1. The molecule has 3 heteroatoms. The zero-order valence-electron chi connectivity index (χ0n) is 11.1. The molecule has 0 radical (unpaired) electrons. The average Bonchev–Trinajstić information content (AvgIpc) is 2.41. The molecule has 2 aromatic rings. The van der Waals surface area contributed by atoms with E-state index in [9.17, 15) is 5.11 Å². The van der Waals surface area contributed by atoms with Crippen molar-refractivity contribution in [2.45, 2.75) is 24.3 Å². The van der Waals surface area contributed by atoms with E-state index in [1.54, 1.807) is 11.8 Å². The summed E-state index contributed by atoms with van der Waals surface area (Å²) in [7, 11) is 0. The summed E-state index contributed by atoms with van der Waals surface area (Å²) in [5.74, 6) is 0. The monoisotopic (exact) mass is 292 g/mol. The van der Waals surface area contributed by atoms with Crippen LogP contribution in [0.1, 0.15) is 22.8 Å². The van der Waals surface area contributed by atoms with E-state index in [1.807, 2.05) is 55.6 Å². The van der Waals surface area contributed by atoms with Gasteiger partial charge in [0.15, 0.2) is 0 Å². The third-order valence-corrected chi connectivity index (χ3v) is 4.28. The van der Waals surface area contributed by atoms with Gasteiger partial charge in [-0.25, -0.2) is 0 Å². The molecule has 1 atom stereocenters. The fraction of sp³-hybridized carbons (Fsp3) is 0.250. The average molecular weight is 293 g/mol. The van der Waals surface area contributed by atoms with Gasteiger partial charge in [0.1, 0.15) is 0 Å². The summed E-state index contributed by atoms with van der Waals surface area (Å²) in [6.45, 7) is 2.01. The topological polar surface area (TPSA) is 20.2 Å². The van der Waals surface area contributed by atoms with Gasteiger partial charge in [-0.2, -0.15) is 0 Å². The first-order valence-electron chi connectivity index (χ1n) is 6.18. The Labute approximate surface area is 123 Å². The second-order valence-corrected chi connectivity index (χ2v) is 5.81. The van der Waals surface area contributed by atoms with Crippen LogP contribution in [0.25, 0.3) is 0 Å².